The molecule has 2 amide bonds. The first-order valence-electron chi connectivity index (χ1n) is 7.93. The van der Waals surface area contributed by atoms with Crippen LogP contribution in [-0.2, 0) is 14.4 Å². The van der Waals surface area contributed by atoms with Crippen molar-refractivity contribution in [2.45, 2.75) is 38.5 Å². The summed E-state index contributed by atoms with van der Waals surface area (Å²) in [6.07, 6.45) is 3.79. The van der Waals surface area contributed by atoms with Crippen molar-refractivity contribution >= 4 is 29.2 Å². The van der Waals surface area contributed by atoms with E-state index in [0.29, 0.717) is 24.2 Å². The maximum Gasteiger partial charge on any atom is 0.310 e. The molecule has 1 aromatic carbocycles. The van der Waals surface area contributed by atoms with Crippen LogP contribution in [0, 0.1) is 11.3 Å². The van der Waals surface area contributed by atoms with E-state index >= 15 is 0 Å². The third-order valence-electron chi connectivity index (χ3n) is 4.63. The Bertz CT molecular complexity index is 648. The third kappa shape index (κ3) is 3.52. The van der Waals surface area contributed by atoms with Gasteiger partial charge in [-0.1, -0.05) is 12.5 Å². The lowest BCUT2D eigenvalue weighted by Gasteiger charge is -2.36. The minimum atomic E-state index is -0.901. The Morgan fingerprint density at radius 3 is 2.30 bits per heavy atom. The minimum Gasteiger partial charge on any atom is -0.481 e. The summed E-state index contributed by atoms with van der Waals surface area (Å²) in [4.78, 5) is 35.2. The molecule has 2 fully saturated rings. The summed E-state index contributed by atoms with van der Waals surface area (Å²) in [5.41, 5.74) is 0.293. The number of carbonyl (C=O) groups is 3. The number of hydrogen-bond acceptors (Lipinski definition) is 3. The summed E-state index contributed by atoms with van der Waals surface area (Å²) in [6.45, 7) is 0. The van der Waals surface area contributed by atoms with Gasteiger partial charge in [0, 0.05) is 23.7 Å². The first kappa shape index (κ1) is 15.5. The first-order chi connectivity index (χ1) is 11.0. The second kappa shape index (κ2) is 6.02. The fraction of sp³-hybridized carbons (Fsp3) is 0.471. The molecule has 3 N–H and O–H groups in total. The summed E-state index contributed by atoms with van der Waals surface area (Å²) < 4.78 is 0. The highest BCUT2D eigenvalue weighted by Crippen LogP contribution is 2.44. The van der Waals surface area contributed by atoms with Crippen LogP contribution in [0.3, 0.4) is 0 Å². The molecular formula is C17H20N2O4. The molecule has 0 saturated heterocycles. The molecule has 0 aliphatic heterocycles. The molecule has 0 aromatic heterocycles. The highest BCUT2D eigenvalue weighted by atomic mass is 16.4. The number of anilines is 2. The van der Waals surface area contributed by atoms with Gasteiger partial charge in [-0.25, -0.2) is 0 Å². The highest BCUT2D eigenvalue weighted by molar-refractivity contribution is 5.97. The van der Waals surface area contributed by atoms with E-state index in [9.17, 15) is 19.5 Å². The number of rotatable bonds is 6. The van der Waals surface area contributed by atoms with Gasteiger partial charge in [-0.2, -0.15) is 0 Å². The molecule has 3 rings (SSSR count). The molecule has 6 nitrogen and oxygen atoms in total. The van der Waals surface area contributed by atoms with Crippen LogP contribution in [0.25, 0.3) is 0 Å². The molecular weight excluding hydrogens is 296 g/mol. The Balaban J connectivity index is 1.59. The average Bonchev–Trinajstić information content (AvgIpc) is 3.27. The van der Waals surface area contributed by atoms with Gasteiger partial charge in [-0.15, -0.1) is 0 Å². The monoisotopic (exact) mass is 316 g/mol. The van der Waals surface area contributed by atoms with Gasteiger partial charge in [0.05, 0.1) is 5.41 Å². The molecule has 0 heterocycles. The summed E-state index contributed by atoms with van der Waals surface area (Å²) in [5, 5.41) is 14.8. The molecule has 2 saturated carbocycles. The van der Waals surface area contributed by atoms with Crippen LogP contribution in [0.4, 0.5) is 11.4 Å². The van der Waals surface area contributed by atoms with Crippen LogP contribution in [0.2, 0.25) is 0 Å². The minimum absolute atomic E-state index is 0.00720. The van der Waals surface area contributed by atoms with Crippen molar-refractivity contribution in [3.8, 4) is 0 Å². The van der Waals surface area contributed by atoms with Crippen LogP contribution in [-0.4, -0.2) is 22.9 Å². The van der Waals surface area contributed by atoms with E-state index in [0.717, 1.165) is 19.3 Å². The lowest BCUT2D eigenvalue weighted by Crippen LogP contribution is -2.41. The Morgan fingerprint density at radius 2 is 1.78 bits per heavy atom. The fourth-order valence-electron chi connectivity index (χ4n) is 2.85. The number of amides is 2. The Morgan fingerprint density at radius 1 is 1.13 bits per heavy atom. The average molecular weight is 316 g/mol. The van der Waals surface area contributed by atoms with Gasteiger partial charge in [-0.05, 0) is 43.9 Å². The third-order valence-corrected chi connectivity index (χ3v) is 4.63. The zero-order valence-electron chi connectivity index (χ0n) is 12.8. The van der Waals surface area contributed by atoms with E-state index in [4.69, 9.17) is 0 Å². The van der Waals surface area contributed by atoms with Crippen LogP contribution in [0.1, 0.15) is 38.5 Å². The molecule has 2 aliphatic carbocycles. The summed E-state index contributed by atoms with van der Waals surface area (Å²) in [6, 6.07) is 6.92. The van der Waals surface area contributed by atoms with Crippen molar-refractivity contribution in [3.05, 3.63) is 24.3 Å². The number of nitrogens with one attached hydrogen (secondary N) is 2. The SMILES string of the molecule is O=C(CC1(C(=O)O)CCC1)Nc1cccc(NC(=O)C2CC2)c1. The van der Waals surface area contributed by atoms with Crippen LogP contribution in [0.5, 0.6) is 0 Å². The Labute approximate surface area is 134 Å². The predicted octanol–water partition coefficient (Wildman–Crippen LogP) is 2.62. The smallest absolute Gasteiger partial charge is 0.310 e. The zero-order chi connectivity index (χ0) is 16.4. The number of benzene rings is 1. The fourth-order valence-corrected chi connectivity index (χ4v) is 2.85. The molecule has 23 heavy (non-hydrogen) atoms. The largest absolute Gasteiger partial charge is 0.481 e. The van der Waals surface area contributed by atoms with Gasteiger partial charge in [-0.3, -0.25) is 14.4 Å². The molecule has 6 heteroatoms. The normalized spacial score (nSPS) is 18.6. The van der Waals surface area contributed by atoms with E-state index in [1.54, 1.807) is 24.3 Å². The lowest BCUT2D eigenvalue weighted by molar-refractivity contribution is -0.157. The van der Waals surface area contributed by atoms with Crippen molar-refractivity contribution in [2.24, 2.45) is 11.3 Å². The maximum atomic E-state index is 12.1. The van der Waals surface area contributed by atoms with Crippen molar-refractivity contribution < 1.29 is 19.5 Å². The van der Waals surface area contributed by atoms with Crippen molar-refractivity contribution in [1.29, 1.82) is 0 Å². The predicted molar refractivity (Wildman–Crippen MR) is 85.0 cm³/mol. The number of carbonyl (C=O) groups excluding carboxylic acids is 2. The number of carboxylic acid groups (broad SMARTS) is 1. The van der Waals surface area contributed by atoms with E-state index in [1.165, 1.54) is 0 Å². The Hall–Kier alpha value is -2.37. The molecule has 0 spiro atoms. The second-order valence-corrected chi connectivity index (χ2v) is 6.51. The maximum absolute atomic E-state index is 12.1. The summed E-state index contributed by atoms with van der Waals surface area (Å²) in [5.74, 6) is -1.09. The van der Waals surface area contributed by atoms with E-state index in [1.807, 2.05) is 0 Å². The summed E-state index contributed by atoms with van der Waals surface area (Å²) >= 11 is 0. The lowest BCUT2D eigenvalue weighted by atomic mass is 9.66. The number of aliphatic carboxylic acids is 1. The molecule has 0 atom stereocenters. The zero-order valence-corrected chi connectivity index (χ0v) is 12.8. The van der Waals surface area contributed by atoms with Gasteiger partial charge >= 0.3 is 5.97 Å². The quantitative estimate of drug-likeness (QED) is 0.751. The number of carboxylic acids is 1. The molecule has 0 radical (unpaired) electrons. The van der Waals surface area contributed by atoms with Gasteiger partial charge in [0.1, 0.15) is 0 Å². The topological polar surface area (TPSA) is 95.5 Å². The first-order valence-corrected chi connectivity index (χ1v) is 7.93. The summed E-state index contributed by atoms with van der Waals surface area (Å²) in [7, 11) is 0. The van der Waals surface area contributed by atoms with Crippen molar-refractivity contribution in [3.63, 3.8) is 0 Å². The van der Waals surface area contributed by atoms with Gasteiger partial charge in [0.2, 0.25) is 11.8 Å². The van der Waals surface area contributed by atoms with Gasteiger partial charge < -0.3 is 15.7 Å². The van der Waals surface area contributed by atoms with E-state index < -0.39 is 11.4 Å². The second-order valence-electron chi connectivity index (χ2n) is 6.51. The van der Waals surface area contributed by atoms with Crippen molar-refractivity contribution in [2.75, 3.05) is 10.6 Å². The molecule has 1 aromatic rings. The van der Waals surface area contributed by atoms with E-state index in [2.05, 4.69) is 10.6 Å². The van der Waals surface area contributed by atoms with Crippen molar-refractivity contribution in [1.82, 2.24) is 0 Å². The Kier molecular flexibility index (Phi) is 4.07. The van der Waals surface area contributed by atoms with Gasteiger partial charge in [0.15, 0.2) is 0 Å². The number of hydrogen-bond donors (Lipinski definition) is 3. The van der Waals surface area contributed by atoms with Gasteiger partial charge in [0.25, 0.3) is 0 Å². The molecule has 122 valence electrons. The van der Waals surface area contributed by atoms with Crippen LogP contribution >= 0.6 is 0 Å². The standard InChI is InChI=1S/C17H20N2O4/c20-14(10-17(16(22)23)7-2-8-17)18-12-3-1-4-13(9-12)19-15(21)11-5-6-11/h1,3-4,9,11H,2,5-8,10H2,(H,18,20)(H,19,21)(H,22,23). The van der Waals surface area contributed by atoms with Crippen LogP contribution < -0.4 is 10.6 Å². The molecule has 0 bridgehead atoms. The van der Waals surface area contributed by atoms with E-state index in [-0.39, 0.29) is 24.2 Å². The van der Waals surface area contributed by atoms with Crippen LogP contribution in [0.15, 0.2) is 24.3 Å². The highest BCUT2D eigenvalue weighted by Gasteiger charge is 2.45. The molecule has 2 aliphatic rings. The molecule has 0 unspecified atom stereocenters.